The van der Waals surface area contributed by atoms with Gasteiger partial charge in [0.15, 0.2) is 0 Å². The van der Waals surface area contributed by atoms with Gasteiger partial charge in [-0.2, -0.15) is 0 Å². The average Bonchev–Trinajstić information content (AvgIpc) is 2.96. The van der Waals surface area contributed by atoms with Crippen LogP contribution in [0.15, 0.2) is 24.3 Å². The fourth-order valence-electron chi connectivity index (χ4n) is 3.87. The summed E-state index contributed by atoms with van der Waals surface area (Å²) >= 11 is 0. The summed E-state index contributed by atoms with van der Waals surface area (Å²) in [6, 6.07) is 8.23. The number of likely N-dealkylation sites (tertiary alicyclic amines) is 1. The lowest BCUT2D eigenvalue weighted by Gasteiger charge is -2.39. The summed E-state index contributed by atoms with van der Waals surface area (Å²) in [5, 5.41) is 0. The number of piperazine rings is 1. The molecule has 0 N–H and O–H groups in total. The lowest BCUT2D eigenvalue weighted by Crippen LogP contribution is -2.54. The van der Waals surface area contributed by atoms with E-state index in [0.29, 0.717) is 5.91 Å². The topological polar surface area (TPSA) is 36.0 Å². The van der Waals surface area contributed by atoms with Crippen molar-refractivity contribution in [2.75, 3.05) is 51.3 Å². The average molecular weight is 345 g/mol. The molecule has 1 aromatic rings. The number of anilines is 1. The summed E-state index contributed by atoms with van der Waals surface area (Å²) in [6.07, 6.45) is 4.84. The van der Waals surface area contributed by atoms with E-state index in [1.807, 2.05) is 12.1 Å². The SMILES string of the molecule is COc1ccc(N2CCN(C(C)C(=O)N3CCCCCC3)CC2)cc1. The first-order chi connectivity index (χ1) is 12.2. The number of rotatable bonds is 4. The smallest absolute Gasteiger partial charge is 0.239 e. The van der Waals surface area contributed by atoms with Crippen LogP contribution in [0.5, 0.6) is 5.75 Å². The van der Waals surface area contributed by atoms with Crippen LogP contribution in [0.4, 0.5) is 5.69 Å². The van der Waals surface area contributed by atoms with Gasteiger partial charge in [-0.3, -0.25) is 9.69 Å². The van der Waals surface area contributed by atoms with Crippen molar-refractivity contribution < 1.29 is 9.53 Å². The molecule has 2 heterocycles. The van der Waals surface area contributed by atoms with E-state index < -0.39 is 0 Å². The molecule has 0 spiro atoms. The molecule has 2 saturated heterocycles. The third-order valence-electron chi connectivity index (χ3n) is 5.57. The Hall–Kier alpha value is -1.75. The van der Waals surface area contributed by atoms with E-state index in [4.69, 9.17) is 4.74 Å². The molecule has 25 heavy (non-hydrogen) atoms. The third-order valence-corrected chi connectivity index (χ3v) is 5.57. The second-order valence-electron chi connectivity index (χ2n) is 7.14. The number of hydrogen-bond donors (Lipinski definition) is 0. The van der Waals surface area contributed by atoms with E-state index in [0.717, 1.165) is 57.9 Å². The van der Waals surface area contributed by atoms with Crippen LogP contribution in [-0.2, 0) is 4.79 Å². The molecule has 5 heteroatoms. The van der Waals surface area contributed by atoms with Gasteiger partial charge in [0.25, 0.3) is 0 Å². The summed E-state index contributed by atoms with van der Waals surface area (Å²) in [7, 11) is 1.69. The van der Waals surface area contributed by atoms with Crippen molar-refractivity contribution in [2.45, 2.75) is 38.6 Å². The van der Waals surface area contributed by atoms with E-state index in [1.165, 1.54) is 18.5 Å². The van der Waals surface area contributed by atoms with E-state index in [1.54, 1.807) is 7.11 Å². The zero-order valence-electron chi connectivity index (χ0n) is 15.6. The van der Waals surface area contributed by atoms with Crippen molar-refractivity contribution in [1.29, 1.82) is 0 Å². The Labute approximate surface area is 151 Å². The number of hydrogen-bond acceptors (Lipinski definition) is 4. The molecule has 0 radical (unpaired) electrons. The Bertz CT molecular complexity index is 545. The van der Waals surface area contributed by atoms with E-state index in [9.17, 15) is 4.79 Å². The summed E-state index contributed by atoms with van der Waals surface area (Å²) in [5.41, 5.74) is 1.23. The Balaban J connectivity index is 1.52. The number of benzene rings is 1. The highest BCUT2D eigenvalue weighted by Gasteiger charge is 2.29. The minimum Gasteiger partial charge on any atom is -0.497 e. The van der Waals surface area contributed by atoms with Gasteiger partial charge in [0.05, 0.1) is 13.2 Å². The molecule has 0 aromatic heterocycles. The Morgan fingerprint density at radius 3 is 2.08 bits per heavy atom. The van der Waals surface area contributed by atoms with Gasteiger partial charge in [-0.1, -0.05) is 12.8 Å². The number of ether oxygens (including phenoxy) is 1. The molecule has 2 fully saturated rings. The molecule has 2 aliphatic heterocycles. The van der Waals surface area contributed by atoms with Crippen molar-refractivity contribution in [3.8, 4) is 5.75 Å². The van der Waals surface area contributed by atoms with Gasteiger partial charge in [-0.05, 0) is 44.0 Å². The van der Waals surface area contributed by atoms with Crippen LogP contribution in [-0.4, -0.2) is 68.1 Å². The molecule has 5 nitrogen and oxygen atoms in total. The minimum atomic E-state index is -0.00360. The highest BCUT2D eigenvalue weighted by molar-refractivity contribution is 5.81. The summed E-state index contributed by atoms with van der Waals surface area (Å²) < 4.78 is 5.23. The van der Waals surface area contributed by atoms with Gasteiger partial charge in [-0.15, -0.1) is 0 Å². The van der Waals surface area contributed by atoms with E-state index in [-0.39, 0.29) is 6.04 Å². The maximum Gasteiger partial charge on any atom is 0.239 e. The minimum absolute atomic E-state index is 0.00360. The number of carbonyl (C=O) groups is 1. The third kappa shape index (κ3) is 4.46. The quantitative estimate of drug-likeness (QED) is 0.840. The van der Waals surface area contributed by atoms with Crippen LogP contribution < -0.4 is 9.64 Å². The lowest BCUT2D eigenvalue weighted by atomic mass is 10.1. The monoisotopic (exact) mass is 345 g/mol. The van der Waals surface area contributed by atoms with Crippen LogP contribution in [0.25, 0.3) is 0 Å². The maximum atomic E-state index is 12.8. The van der Waals surface area contributed by atoms with Crippen LogP contribution in [0.3, 0.4) is 0 Å². The standard InChI is InChI=1S/C20H31N3O2/c1-17(20(24)23-11-5-3-4-6-12-23)21-13-15-22(16-14-21)18-7-9-19(25-2)10-8-18/h7-10,17H,3-6,11-16H2,1-2H3. The van der Waals surface area contributed by atoms with Gasteiger partial charge < -0.3 is 14.5 Å². The summed E-state index contributed by atoms with van der Waals surface area (Å²) in [6.45, 7) is 7.76. The molecule has 1 unspecified atom stereocenters. The Morgan fingerprint density at radius 2 is 1.52 bits per heavy atom. The van der Waals surface area contributed by atoms with Gasteiger partial charge >= 0.3 is 0 Å². The molecule has 0 aliphatic carbocycles. The lowest BCUT2D eigenvalue weighted by molar-refractivity contribution is -0.136. The number of methoxy groups -OCH3 is 1. The zero-order chi connectivity index (χ0) is 17.6. The van der Waals surface area contributed by atoms with Gasteiger partial charge in [0.2, 0.25) is 5.91 Å². The highest BCUT2D eigenvalue weighted by atomic mass is 16.5. The van der Waals surface area contributed by atoms with Crippen molar-refractivity contribution in [2.24, 2.45) is 0 Å². The first-order valence-electron chi connectivity index (χ1n) is 9.61. The van der Waals surface area contributed by atoms with Crippen molar-refractivity contribution in [1.82, 2.24) is 9.80 Å². The zero-order valence-corrected chi connectivity index (χ0v) is 15.6. The van der Waals surface area contributed by atoms with Crippen molar-refractivity contribution in [3.63, 3.8) is 0 Å². The number of amides is 1. The fourth-order valence-corrected chi connectivity index (χ4v) is 3.87. The highest BCUT2D eigenvalue weighted by Crippen LogP contribution is 2.21. The number of nitrogens with zero attached hydrogens (tertiary/aromatic N) is 3. The molecule has 0 saturated carbocycles. The molecule has 3 rings (SSSR count). The second-order valence-corrected chi connectivity index (χ2v) is 7.14. The van der Waals surface area contributed by atoms with Gasteiger partial charge in [0, 0.05) is 45.0 Å². The molecule has 138 valence electrons. The van der Waals surface area contributed by atoms with Gasteiger partial charge in [0.1, 0.15) is 5.75 Å². The van der Waals surface area contributed by atoms with Crippen molar-refractivity contribution in [3.05, 3.63) is 24.3 Å². The van der Waals surface area contributed by atoms with Gasteiger partial charge in [-0.25, -0.2) is 0 Å². The molecule has 2 aliphatic rings. The summed E-state index contributed by atoms with van der Waals surface area (Å²) in [4.78, 5) is 19.6. The second kappa shape index (κ2) is 8.56. The first kappa shape index (κ1) is 18.1. The van der Waals surface area contributed by atoms with Crippen LogP contribution in [0, 0.1) is 0 Å². The van der Waals surface area contributed by atoms with E-state index in [2.05, 4.69) is 33.8 Å². The molecule has 0 bridgehead atoms. The molecular weight excluding hydrogens is 314 g/mol. The van der Waals surface area contributed by atoms with Crippen LogP contribution in [0.2, 0.25) is 0 Å². The molecular formula is C20H31N3O2. The molecule has 1 atom stereocenters. The Morgan fingerprint density at radius 1 is 0.920 bits per heavy atom. The Kier molecular flexibility index (Phi) is 6.19. The first-order valence-corrected chi connectivity index (χ1v) is 9.61. The molecule has 1 aromatic carbocycles. The molecule has 1 amide bonds. The fraction of sp³-hybridized carbons (Fsp3) is 0.650. The number of carbonyl (C=O) groups excluding carboxylic acids is 1. The van der Waals surface area contributed by atoms with Crippen LogP contribution in [0.1, 0.15) is 32.6 Å². The van der Waals surface area contributed by atoms with Crippen LogP contribution >= 0.6 is 0 Å². The normalized spacial score (nSPS) is 20.9. The largest absolute Gasteiger partial charge is 0.497 e. The summed E-state index contributed by atoms with van der Waals surface area (Å²) in [5.74, 6) is 1.21. The van der Waals surface area contributed by atoms with Crippen molar-refractivity contribution >= 4 is 11.6 Å². The maximum absolute atomic E-state index is 12.8. The predicted molar refractivity (Wildman–Crippen MR) is 101 cm³/mol. The predicted octanol–water partition coefficient (Wildman–Crippen LogP) is 2.61. The van der Waals surface area contributed by atoms with E-state index >= 15 is 0 Å².